The van der Waals surface area contributed by atoms with Crippen LogP contribution in [0, 0.1) is 25.2 Å². The molecule has 0 aromatic heterocycles. The van der Waals surface area contributed by atoms with Crippen molar-refractivity contribution in [1.29, 1.82) is 0 Å². The normalized spacial score (nSPS) is 19.9. The minimum Gasteiger partial charge on any atom is -0.399 e. The lowest BCUT2D eigenvalue weighted by Crippen LogP contribution is -2.25. The van der Waals surface area contributed by atoms with Gasteiger partial charge in [-0.2, -0.15) is 0 Å². The molecular formula is C13H14N2O. The number of rotatable bonds is 1. The van der Waals surface area contributed by atoms with Gasteiger partial charge in [-0.05, 0) is 30.7 Å². The van der Waals surface area contributed by atoms with Crippen LogP contribution in [0.1, 0.15) is 12.0 Å². The molecule has 1 unspecified atom stereocenters. The Morgan fingerprint density at radius 2 is 2.31 bits per heavy atom. The van der Waals surface area contributed by atoms with E-state index in [1.54, 1.807) is 11.0 Å². The van der Waals surface area contributed by atoms with E-state index in [0.717, 1.165) is 11.3 Å². The minimum absolute atomic E-state index is 0.0319. The van der Waals surface area contributed by atoms with E-state index in [-0.39, 0.29) is 11.8 Å². The Morgan fingerprint density at radius 3 is 2.88 bits per heavy atom. The second kappa shape index (κ2) is 3.90. The van der Waals surface area contributed by atoms with E-state index in [2.05, 4.69) is 5.92 Å². The van der Waals surface area contributed by atoms with Crippen LogP contribution in [-0.4, -0.2) is 12.5 Å². The Labute approximate surface area is 95.2 Å². The maximum absolute atomic E-state index is 11.8. The fourth-order valence-corrected chi connectivity index (χ4v) is 2.03. The average Bonchev–Trinajstić information content (AvgIpc) is 2.60. The zero-order chi connectivity index (χ0) is 11.7. The van der Waals surface area contributed by atoms with Crippen molar-refractivity contribution >= 4 is 17.3 Å². The number of nitrogens with zero attached hydrogens (tertiary/aromatic N) is 1. The highest BCUT2D eigenvalue weighted by molar-refractivity contribution is 5.97. The number of hydrogen-bond acceptors (Lipinski definition) is 2. The zero-order valence-corrected chi connectivity index (χ0v) is 9.23. The predicted octanol–water partition coefficient (Wildman–Crippen LogP) is 1.56. The molecule has 1 fully saturated rings. The van der Waals surface area contributed by atoms with Crippen LogP contribution in [0.2, 0.25) is 0 Å². The van der Waals surface area contributed by atoms with Crippen LogP contribution in [-0.2, 0) is 4.79 Å². The van der Waals surface area contributed by atoms with Gasteiger partial charge in [0.2, 0.25) is 5.91 Å². The third-order valence-corrected chi connectivity index (χ3v) is 2.87. The summed E-state index contributed by atoms with van der Waals surface area (Å²) >= 11 is 0. The van der Waals surface area contributed by atoms with E-state index >= 15 is 0 Å². The molecule has 3 heteroatoms. The maximum atomic E-state index is 11.8. The minimum atomic E-state index is 0.0319. The summed E-state index contributed by atoms with van der Waals surface area (Å²) in [6.07, 6.45) is 5.79. The van der Waals surface area contributed by atoms with Crippen LogP contribution in [0.15, 0.2) is 18.2 Å². The average molecular weight is 214 g/mol. The van der Waals surface area contributed by atoms with E-state index in [1.807, 2.05) is 19.1 Å². The molecule has 82 valence electrons. The topological polar surface area (TPSA) is 46.3 Å². The third-order valence-electron chi connectivity index (χ3n) is 2.87. The molecule has 0 radical (unpaired) electrons. The van der Waals surface area contributed by atoms with Crippen LogP contribution in [0.25, 0.3) is 0 Å². The van der Waals surface area contributed by atoms with E-state index in [9.17, 15) is 4.79 Å². The second-order valence-electron chi connectivity index (χ2n) is 4.12. The maximum Gasteiger partial charge on any atom is 0.228 e. The summed E-state index contributed by atoms with van der Waals surface area (Å²) in [6, 6.07) is 5.55. The summed E-state index contributed by atoms with van der Waals surface area (Å²) in [5.41, 5.74) is 8.31. The molecule has 1 heterocycles. The highest BCUT2D eigenvalue weighted by Crippen LogP contribution is 2.28. The number of carbonyl (C=O) groups is 1. The number of benzene rings is 1. The fourth-order valence-electron chi connectivity index (χ4n) is 2.03. The first-order valence-electron chi connectivity index (χ1n) is 5.24. The first-order valence-corrected chi connectivity index (χ1v) is 5.24. The molecule has 1 aromatic rings. The molecule has 1 aromatic carbocycles. The van der Waals surface area contributed by atoms with Crippen LogP contribution in [0.3, 0.4) is 0 Å². The summed E-state index contributed by atoms with van der Waals surface area (Å²) in [6.45, 7) is 2.56. The van der Waals surface area contributed by atoms with Crippen molar-refractivity contribution in [2.24, 2.45) is 5.92 Å². The molecule has 2 N–H and O–H groups in total. The molecule has 0 spiro atoms. The molecular weight excluding hydrogens is 200 g/mol. The van der Waals surface area contributed by atoms with Gasteiger partial charge < -0.3 is 10.6 Å². The molecule has 3 nitrogen and oxygen atoms in total. The Bertz CT molecular complexity index is 473. The number of hydrogen-bond donors (Lipinski definition) is 1. The summed E-state index contributed by atoms with van der Waals surface area (Å²) in [7, 11) is 0. The predicted molar refractivity (Wildman–Crippen MR) is 64.9 cm³/mol. The molecule has 2 rings (SSSR count). The van der Waals surface area contributed by atoms with Crippen LogP contribution in [0.5, 0.6) is 0 Å². The van der Waals surface area contributed by atoms with E-state index in [0.29, 0.717) is 18.7 Å². The Morgan fingerprint density at radius 1 is 1.56 bits per heavy atom. The Hall–Kier alpha value is -1.95. The molecule has 0 saturated carbocycles. The van der Waals surface area contributed by atoms with Crippen LogP contribution >= 0.6 is 0 Å². The summed E-state index contributed by atoms with van der Waals surface area (Å²) in [5, 5.41) is 0. The molecule has 1 aliphatic rings. The van der Waals surface area contributed by atoms with Gasteiger partial charge in [-0.3, -0.25) is 4.79 Å². The largest absolute Gasteiger partial charge is 0.399 e. The van der Waals surface area contributed by atoms with Crippen molar-refractivity contribution in [3.05, 3.63) is 23.8 Å². The summed E-state index contributed by atoms with van der Waals surface area (Å²) in [4.78, 5) is 13.5. The van der Waals surface area contributed by atoms with Gasteiger partial charge in [0.1, 0.15) is 0 Å². The van der Waals surface area contributed by atoms with Crippen LogP contribution < -0.4 is 10.6 Å². The Balaban J connectivity index is 2.32. The standard InChI is InChI=1S/C13H14N2O/c1-3-10-7-13(16)15(8-10)12-5-4-11(14)6-9(12)2/h1,4-6,10H,7-8,14H2,2H3. The first kappa shape index (κ1) is 10.6. The SMILES string of the molecule is C#CC1CC(=O)N(c2ccc(N)cc2C)C1. The quantitative estimate of drug-likeness (QED) is 0.569. The molecule has 1 aliphatic heterocycles. The Kier molecular flexibility index (Phi) is 2.57. The number of anilines is 2. The number of carbonyl (C=O) groups excluding carboxylic acids is 1. The number of aryl methyl sites for hydroxylation is 1. The summed E-state index contributed by atoms with van der Waals surface area (Å²) < 4.78 is 0. The van der Waals surface area contributed by atoms with Crippen molar-refractivity contribution in [2.75, 3.05) is 17.2 Å². The van der Waals surface area contributed by atoms with Crippen molar-refractivity contribution in [1.82, 2.24) is 0 Å². The van der Waals surface area contributed by atoms with Crippen molar-refractivity contribution < 1.29 is 4.79 Å². The van der Waals surface area contributed by atoms with Gasteiger partial charge in [-0.25, -0.2) is 0 Å². The van der Waals surface area contributed by atoms with Gasteiger partial charge in [0.25, 0.3) is 0 Å². The molecule has 0 bridgehead atoms. The number of nitrogen functional groups attached to an aromatic ring is 1. The number of nitrogens with two attached hydrogens (primary N) is 1. The van der Waals surface area contributed by atoms with Gasteiger partial charge in [0, 0.05) is 30.3 Å². The zero-order valence-electron chi connectivity index (χ0n) is 9.23. The molecule has 0 aliphatic carbocycles. The van der Waals surface area contributed by atoms with E-state index in [1.165, 1.54) is 0 Å². The molecule has 1 amide bonds. The van der Waals surface area contributed by atoms with Crippen molar-refractivity contribution in [3.8, 4) is 12.3 Å². The van der Waals surface area contributed by atoms with E-state index in [4.69, 9.17) is 12.2 Å². The smallest absolute Gasteiger partial charge is 0.228 e. The highest BCUT2D eigenvalue weighted by Gasteiger charge is 2.29. The molecule has 1 saturated heterocycles. The molecule has 1 atom stereocenters. The fraction of sp³-hybridized carbons (Fsp3) is 0.308. The summed E-state index contributed by atoms with van der Waals surface area (Å²) in [5.74, 6) is 2.76. The van der Waals surface area contributed by atoms with Gasteiger partial charge in [-0.15, -0.1) is 12.3 Å². The van der Waals surface area contributed by atoms with Gasteiger partial charge in [0.05, 0.1) is 0 Å². The first-order chi connectivity index (χ1) is 7.61. The van der Waals surface area contributed by atoms with Gasteiger partial charge in [0.15, 0.2) is 0 Å². The lowest BCUT2D eigenvalue weighted by atomic mass is 10.1. The van der Waals surface area contributed by atoms with E-state index < -0.39 is 0 Å². The highest BCUT2D eigenvalue weighted by atomic mass is 16.2. The van der Waals surface area contributed by atoms with Crippen molar-refractivity contribution in [3.63, 3.8) is 0 Å². The number of amides is 1. The second-order valence-corrected chi connectivity index (χ2v) is 4.12. The van der Waals surface area contributed by atoms with Crippen LogP contribution in [0.4, 0.5) is 11.4 Å². The van der Waals surface area contributed by atoms with Gasteiger partial charge in [-0.1, -0.05) is 0 Å². The van der Waals surface area contributed by atoms with Gasteiger partial charge >= 0.3 is 0 Å². The third kappa shape index (κ3) is 1.74. The number of terminal acetylenes is 1. The van der Waals surface area contributed by atoms with Crippen molar-refractivity contribution in [2.45, 2.75) is 13.3 Å². The molecule has 16 heavy (non-hydrogen) atoms. The lowest BCUT2D eigenvalue weighted by molar-refractivity contribution is -0.117. The lowest BCUT2D eigenvalue weighted by Gasteiger charge is -2.18. The monoisotopic (exact) mass is 214 g/mol.